The number of hydrogen-bond donors (Lipinski definition) is 1. The molecule has 128 valence electrons. The van der Waals surface area contributed by atoms with Crippen LogP contribution in [0.15, 0.2) is 63.9 Å². The van der Waals surface area contributed by atoms with E-state index in [1.54, 1.807) is 24.3 Å². The maximum absolute atomic E-state index is 12.8. The molecule has 25 heavy (non-hydrogen) atoms. The molecule has 0 aliphatic carbocycles. The van der Waals surface area contributed by atoms with Crippen LogP contribution < -0.4 is 16.0 Å². The Hall–Kier alpha value is -2.24. The van der Waals surface area contributed by atoms with Gasteiger partial charge in [0.1, 0.15) is 16.8 Å². The molecule has 0 aliphatic heterocycles. The predicted molar refractivity (Wildman–Crippen MR) is 105 cm³/mol. The second-order valence-electron chi connectivity index (χ2n) is 5.56. The van der Waals surface area contributed by atoms with Crippen molar-refractivity contribution in [3.63, 3.8) is 0 Å². The highest BCUT2D eigenvalue weighted by molar-refractivity contribution is 9.10. The second kappa shape index (κ2) is 7.33. The molecule has 0 saturated heterocycles. The monoisotopic (exact) mass is 418 g/mol. The molecule has 1 heterocycles. The molecule has 3 aromatic rings. The first-order chi connectivity index (χ1) is 12.0. The number of aromatic nitrogens is 1. The van der Waals surface area contributed by atoms with Gasteiger partial charge in [0.15, 0.2) is 0 Å². The Morgan fingerprint density at radius 2 is 1.88 bits per heavy atom. The van der Waals surface area contributed by atoms with E-state index in [0.717, 1.165) is 5.56 Å². The lowest BCUT2D eigenvalue weighted by Gasteiger charge is -2.17. The highest BCUT2D eigenvalue weighted by Crippen LogP contribution is 2.30. The SMILES string of the molecule is Cc1cc(OCc2ccccc2)c(Br)c(=O)n1-c1c(N)cccc1Cl. The lowest BCUT2D eigenvalue weighted by molar-refractivity contribution is 0.303. The summed E-state index contributed by atoms with van der Waals surface area (Å²) in [6.45, 7) is 2.18. The standard InChI is InChI=1S/C19H16BrClN2O2/c1-12-10-16(25-11-13-6-3-2-4-7-13)17(20)19(24)23(12)18-14(21)8-5-9-15(18)22/h2-10H,11,22H2,1H3. The molecule has 0 atom stereocenters. The molecule has 2 aromatic carbocycles. The first kappa shape index (κ1) is 17.6. The van der Waals surface area contributed by atoms with E-state index in [4.69, 9.17) is 22.1 Å². The van der Waals surface area contributed by atoms with Crippen LogP contribution in [0.1, 0.15) is 11.3 Å². The number of ether oxygens (including phenoxy) is 1. The van der Waals surface area contributed by atoms with Crippen molar-refractivity contribution in [1.29, 1.82) is 0 Å². The predicted octanol–water partition coefficient (Wildman–Crippen LogP) is 4.72. The molecule has 3 rings (SSSR count). The summed E-state index contributed by atoms with van der Waals surface area (Å²) >= 11 is 9.60. The fraction of sp³-hybridized carbons (Fsp3) is 0.105. The first-order valence-electron chi connectivity index (χ1n) is 7.62. The molecule has 4 nitrogen and oxygen atoms in total. The van der Waals surface area contributed by atoms with Gasteiger partial charge < -0.3 is 10.5 Å². The Morgan fingerprint density at radius 1 is 1.16 bits per heavy atom. The minimum atomic E-state index is -0.275. The Bertz CT molecular complexity index is 951. The normalized spacial score (nSPS) is 10.7. The smallest absolute Gasteiger partial charge is 0.273 e. The van der Waals surface area contributed by atoms with Crippen LogP contribution in [0.4, 0.5) is 5.69 Å². The molecule has 0 unspecified atom stereocenters. The topological polar surface area (TPSA) is 57.2 Å². The van der Waals surface area contributed by atoms with E-state index in [1.165, 1.54) is 4.57 Å². The minimum absolute atomic E-state index is 0.275. The van der Waals surface area contributed by atoms with Crippen LogP contribution in [0.3, 0.4) is 0 Å². The molecule has 0 bridgehead atoms. The van der Waals surface area contributed by atoms with Gasteiger partial charge in [-0.3, -0.25) is 9.36 Å². The van der Waals surface area contributed by atoms with Gasteiger partial charge in [-0.15, -0.1) is 0 Å². The Kier molecular flexibility index (Phi) is 5.16. The van der Waals surface area contributed by atoms with Gasteiger partial charge in [-0.2, -0.15) is 0 Å². The summed E-state index contributed by atoms with van der Waals surface area (Å²) in [7, 11) is 0. The van der Waals surface area contributed by atoms with Crippen LogP contribution in [-0.2, 0) is 6.61 Å². The van der Waals surface area contributed by atoms with Crippen molar-refractivity contribution in [2.24, 2.45) is 0 Å². The minimum Gasteiger partial charge on any atom is -0.487 e. The molecule has 0 fully saturated rings. The highest BCUT2D eigenvalue weighted by Gasteiger charge is 2.17. The van der Waals surface area contributed by atoms with Gasteiger partial charge in [0.2, 0.25) is 0 Å². The summed E-state index contributed by atoms with van der Waals surface area (Å²) < 4.78 is 7.62. The van der Waals surface area contributed by atoms with Crippen LogP contribution in [0.2, 0.25) is 5.02 Å². The summed E-state index contributed by atoms with van der Waals surface area (Å²) in [6.07, 6.45) is 0. The average Bonchev–Trinajstić information content (AvgIpc) is 2.60. The zero-order valence-corrected chi connectivity index (χ0v) is 15.8. The van der Waals surface area contributed by atoms with E-state index >= 15 is 0 Å². The molecular formula is C19H16BrClN2O2. The summed E-state index contributed by atoms with van der Waals surface area (Å²) in [5.74, 6) is 0.480. The van der Waals surface area contributed by atoms with Crippen LogP contribution in [0.5, 0.6) is 5.75 Å². The first-order valence-corrected chi connectivity index (χ1v) is 8.79. The van der Waals surface area contributed by atoms with Crippen LogP contribution in [0.25, 0.3) is 5.69 Å². The van der Waals surface area contributed by atoms with Crippen LogP contribution in [-0.4, -0.2) is 4.57 Å². The van der Waals surface area contributed by atoms with Crippen molar-refractivity contribution in [3.05, 3.63) is 85.7 Å². The van der Waals surface area contributed by atoms with Gasteiger partial charge >= 0.3 is 0 Å². The van der Waals surface area contributed by atoms with Crippen molar-refractivity contribution >= 4 is 33.2 Å². The van der Waals surface area contributed by atoms with Crippen molar-refractivity contribution < 1.29 is 4.74 Å². The van der Waals surface area contributed by atoms with E-state index in [-0.39, 0.29) is 5.56 Å². The molecular weight excluding hydrogens is 404 g/mol. The summed E-state index contributed by atoms with van der Waals surface area (Å²) in [4.78, 5) is 12.8. The van der Waals surface area contributed by atoms with E-state index < -0.39 is 0 Å². The number of halogens is 2. The fourth-order valence-corrected chi connectivity index (χ4v) is 3.24. The van der Waals surface area contributed by atoms with Crippen molar-refractivity contribution in [2.45, 2.75) is 13.5 Å². The van der Waals surface area contributed by atoms with Gasteiger partial charge in [0, 0.05) is 11.8 Å². The maximum atomic E-state index is 12.8. The quantitative estimate of drug-likeness (QED) is 0.622. The Balaban J connectivity index is 2.02. The second-order valence-corrected chi connectivity index (χ2v) is 6.76. The number of benzene rings is 2. The lowest BCUT2D eigenvalue weighted by Crippen LogP contribution is -2.23. The van der Waals surface area contributed by atoms with Crippen molar-refractivity contribution in [1.82, 2.24) is 4.57 Å². The summed E-state index contributed by atoms with van der Waals surface area (Å²) in [6, 6.07) is 16.7. The van der Waals surface area contributed by atoms with Crippen LogP contribution in [0, 0.1) is 6.92 Å². The number of nitrogens with zero attached hydrogens (tertiary/aromatic N) is 1. The number of nitrogen functional groups attached to an aromatic ring is 1. The molecule has 1 aromatic heterocycles. The molecule has 2 N–H and O–H groups in total. The number of para-hydroxylation sites is 1. The van der Waals surface area contributed by atoms with Crippen LogP contribution >= 0.6 is 27.5 Å². The molecule has 0 saturated carbocycles. The van der Waals surface area contributed by atoms with Gasteiger partial charge in [-0.05, 0) is 40.5 Å². The Labute approximate surface area is 158 Å². The summed E-state index contributed by atoms with van der Waals surface area (Å²) in [5, 5.41) is 0.412. The third kappa shape index (κ3) is 3.57. The summed E-state index contributed by atoms with van der Waals surface area (Å²) in [5.41, 5.74) is 8.35. The molecule has 0 amide bonds. The zero-order chi connectivity index (χ0) is 18.0. The number of hydrogen-bond acceptors (Lipinski definition) is 3. The number of aryl methyl sites for hydroxylation is 1. The number of pyridine rings is 1. The lowest BCUT2D eigenvalue weighted by atomic mass is 10.2. The van der Waals surface area contributed by atoms with Gasteiger partial charge in [-0.25, -0.2) is 0 Å². The maximum Gasteiger partial charge on any atom is 0.273 e. The van der Waals surface area contributed by atoms with Crippen molar-refractivity contribution in [2.75, 3.05) is 5.73 Å². The fourth-order valence-electron chi connectivity index (χ4n) is 2.57. The number of anilines is 1. The average molecular weight is 420 g/mol. The van der Waals surface area contributed by atoms with Gasteiger partial charge in [0.05, 0.1) is 16.4 Å². The van der Waals surface area contributed by atoms with E-state index in [9.17, 15) is 4.79 Å². The van der Waals surface area contributed by atoms with Gasteiger partial charge in [-0.1, -0.05) is 48.0 Å². The van der Waals surface area contributed by atoms with Gasteiger partial charge in [0.25, 0.3) is 5.56 Å². The third-order valence-corrected chi connectivity index (χ3v) is 4.81. The van der Waals surface area contributed by atoms with E-state index in [0.29, 0.717) is 38.9 Å². The molecule has 0 aliphatic rings. The Morgan fingerprint density at radius 3 is 2.56 bits per heavy atom. The molecule has 0 radical (unpaired) electrons. The van der Waals surface area contributed by atoms with E-state index in [1.807, 2.05) is 37.3 Å². The zero-order valence-electron chi connectivity index (χ0n) is 13.5. The molecule has 6 heteroatoms. The largest absolute Gasteiger partial charge is 0.487 e. The number of rotatable bonds is 4. The highest BCUT2D eigenvalue weighted by atomic mass is 79.9. The van der Waals surface area contributed by atoms with E-state index in [2.05, 4.69) is 15.9 Å². The van der Waals surface area contributed by atoms with Crippen molar-refractivity contribution in [3.8, 4) is 11.4 Å². The third-order valence-electron chi connectivity index (χ3n) is 3.78. The number of nitrogens with two attached hydrogens (primary N) is 1. The molecule has 0 spiro atoms.